The summed E-state index contributed by atoms with van der Waals surface area (Å²) in [7, 11) is -1.85. The van der Waals surface area contributed by atoms with Crippen molar-refractivity contribution >= 4 is 27.4 Å². The van der Waals surface area contributed by atoms with Crippen LogP contribution in [0.25, 0.3) is 11.3 Å². The minimum Gasteiger partial charge on any atom is -0.495 e. The van der Waals surface area contributed by atoms with Crippen molar-refractivity contribution in [2.24, 2.45) is 0 Å². The van der Waals surface area contributed by atoms with Gasteiger partial charge in [0.2, 0.25) is 0 Å². The van der Waals surface area contributed by atoms with Crippen molar-refractivity contribution in [1.29, 1.82) is 0 Å². The molecule has 2 aliphatic heterocycles. The van der Waals surface area contributed by atoms with Crippen LogP contribution in [0.1, 0.15) is 47.2 Å². The Morgan fingerprint density at radius 1 is 1.05 bits per heavy atom. The molecule has 1 N–H and O–H groups in total. The van der Waals surface area contributed by atoms with Gasteiger partial charge in [-0.05, 0) is 55.5 Å². The molecule has 2 saturated heterocycles. The number of alkyl halides is 2. The topological polar surface area (TPSA) is 114 Å². The lowest BCUT2D eigenvalue weighted by Gasteiger charge is -2.34. The Hall–Kier alpha value is -3.87. The number of nitrogens with one attached hydrogen (secondary N) is 1. The third kappa shape index (κ3) is 4.27. The van der Waals surface area contributed by atoms with Crippen molar-refractivity contribution in [3.63, 3.8) is 0 Å². The van der Waals surface area contributed by atoms with Crippen LogP contribution in [-0.4, -0.2) is 70.7 Å². The molecule has 1 aromatic heterocycles. The number of fused-ring (bicyclic) bond motifs is 4. The number of halogens is 2. The molecule has 0 unspecified atom stereocenters. The highest BCUT2D eigenvalue weighted by atomic mass is 32.2. The average Bonchev–Trinajstić information content (AvgIpc) is 3.45. The summed E-state index contributed by atoms with van der Waals surface area (Å²) < 4.78 is 74.2. The summed E-state index contributed by atoms with van der Waals surface area (Å²) in [6.07, 6.45) is 3.27. The van der Waals surface area contributed by atoms with Gasteiger partial charge in [-0.2, -0.15) is 0 Å². The molecule has 1 amide bonds. The Bertz CT molecular complexity index is 1690. The number of carbonyl (C=O) groups is 1. The highest BCUT2D eigenvalue weighted by Gasteiger charge is 2.51. The number of anilines is 2. The second-order valence-corrected chi connectivity index (χ2v) is 13.1. The van der Waals surface area contributed by atoms with Crippen molar-refractivity contribution < 1.29 is 36.0 Å². The Labute approximate surface area is 241 Å². The van der Waals surface area contributed by atoms with Crippen molar-refractivity contribution in [3.8, 4) is 22.8 Å². The van der Waals surface area contributed by atoms with E-state index in [2.05, 4.69) is 33.0 Å². The fraction of sp³-hybridized carbons (Fsp3) is 0.448. The SMILES string of the molecule is COc1cc(C(=O)N2CCC(F)(F)C2)cc(OC)c1S(=O)(=O)Nc1noc2c1CC1(CC1)c1ccc(N3CCC3)cc1-2. The number of carbonyl (C=O) groups excluding carboxylic acids is 1. The van der Waals surface area contributed by atoms with Crippen LogP contribution in [0.2, 0.25) is 0 Å². The van der Waals surface area contributed by atoms with Gasteiger partial charge in [0.05, 0.1) is 20.8 Å². The molecule has 7 rings (SSSR count). The molecule has 2 aromatic carbocycles. The number of likely N-dealkylation sites (tertiary alicyclic amines) is 1. The number of sulfonamides is 1. The zero-order valence-corrected chi connectivity index (χ0v) is 24.0. The third-order valence-corrected chi connectivity index (χ3v) is 10.3. The minimum absolute atomic E-state index is 0.0237. The van der Waals surface area contributed by atoms with E-state index in [9.17, 15) is 22.0 Å². The summed E-state index contributed by atoms with van der Waals surface area (Å²) in [6, 6.07) is 8.86. The molecular weight excluding hydrogens is 570 g/mol. The van der Waals surface area contributed by atoms with Crippen LogP contribution in [0.3, 0.4) is 0 Å². The zero-order valence-electron chi connectivity index (χ0n) is 23.2. The zero-order chi connectivity index (χ0) is 29.4. The molecule has 3 aromatic rings. The van der Waals surface area contributed by atoms with Crippen LogP contribution in [-0.2, 0) is 21.9 Å². The molecule has 10 nitrogen and oxygen atoms in total. The Balaban J connectivity index is 1.23. The summed E-state index contributed by atoms with van der Waals surface area (Å²) in [5, 5.41) is 4.14. The number of aromatic nitrogens is 1. The van der Waals surface area contributed by atoms with E-state index in [0.717, 1.165) is 48.5 Å². The van der Waals surface area contributed by atoms with Crippen molar-refractivity contribution in [2.45, 2.75) is 48.3 Å². The summed E-state index contributed by atoms with van der Waals surface area (Å²) in [5.41, 5.74) is 3.81. The van der Waals surface area contributed by atoms with E-state index >= 15 is 0 Å². The van der Waals surface area contributed by atoms with Crippen LogP contribution in [0.5, 0.6) is 11.5 Å². The summed E-state index contributed by atoms with van der Waals surface area (Å²) in [5.74, 6) is -3.35. The number of amides is 1. The number of hydrogen-bond donors (Lipinski definition) is 1. The van der Waals surface area contributed by atoms with E-state index < -0.39 is 34.8 Å². The van der Waals surface area contributed by atoms with E-state index in [0.29, 0.717) is 17.7 Å². The quantitative estimate of drug-likeness (QED) is 0.424. The standard InChI is InChI=1S/C29H30F2N4O6S/c1-39-22-12-17(27(36)35-11-8-29(30,31)16-35)13-23(40-2)25(22)42(37,38)33-26-20-15-28(6-7-28)21-5-4-18(34-9-3-10-34)14-19(21)24(20)41-32-26/h4-5,12-14H,3,6-11,15-16H2,1-2H3,(H,32,33). The molecule has 42 heavy (non-hydrogen) atoms. The lowest BCUT2D eigenvalue weighted by Crippen LogP contribution is -2.37. The van der Waals surface area contributed by atoms with Crippen LogP contribution in [0.15, 0.2) is 39.8 Å². The lowest BCUT2D eigenvalue weighted by atomic mass is 9.79. The highest BCUT2D eigenvalue weighted by Crippen LogP contribution is 2.59. The number of nitrogens with zero attached hydrogens (tertiary/aromatic N) is 3. The first kappa shape index (κ1) is 27.0. The van der Waals surface area contributed by atoms with E-state index in [1.54, 1.807) is 0 Å². The maximum absolute atomic E-state index is 13.8. The summed E-state index contributed by atoms with van der Waals surface area (Å²) >= 11 is 0. The van der Waals surface area contributed by atoms with Gasteiger partial charge in [-0.1, -0.05) is 11.2 Å². The van der Waals surface area contributed by atoms with Gasteiger partial charge in [0.15, 0.2) is 16.5 Å². The normalized spacial score (nSPS) is 19.6. The highest BCUT2D eigenvalue weighted by molar-refractivity contribution is 7.93. The van der Waals surface area contributed by atoms with Gasteiger partial charge in [-0.3, -0.25) is 9.52 Å². The predicted octanol–water partition coefficient (Wildman–Crippen LogP) is 4.44. The number of hydrogen-bond acceptors (Lipinski definition) is 8. The largest absolute Gasteiger partial charge is 0.495 e. The van der Waals surface area contributed by atoms with E-state index in [-0.39, 0.29) is 39.7 Å². The first-order chi connectivity index (χ1) is 20.0. The van der Waals surface area contributed by atoms with Gasteiger partial charge in [-0.25, -0.2) is 17.2 Å². The second-order valence-electron chi connectivity index (χ2n) is 11.5. The Morgan fingerprint density at radius 2 is 1.76 bits per heavy atom. The molecule has 0 radical (unpaired) electrons. The fourth-order valence-electron chi connectivity index (χ4n) is 6.29. The number of ether oxygens (including phenoxy) is 2. The number of benzene rings is 2. The van der Waals surface area contributed by atoms with Crippen LogP contribution >= 0.6 is 0 Å². The first-order valence-corrected chi connectivity index (χ1v) is 15.4. The molecule has 0 atom stereocenters. The monoisotopic (exact) mass is 600 g/mol. The van der Waals surface area contributed by atoms with Gasteiger partial charge >= 0.3 is 0 Å². The van der Waals surface area contributed by atoms with Crippen LogP contribution in [0, 0.1) is 0 Å². The molecule has 4 aliphatic rings. The average molecular weight is 601 g/mol. The molecule has 0 bridgehead atoms. The van der Waals surface area contributed by atoms with E-state index in [4.69, 9.17) is 14.0 Å². The summed E-state index contributed by atoms with van der Waals surface area (Å²) in [6.45, 7) is 1.17. The summed E-state index contributed by atoms with van der Waals surface area (Å²) in [4.78, 5) is 16.0. The van der Waals surface area contributed by atoms with Crippen LogP contribution < -0.4 is 19.1 Å². The molecule has 222 valence electrons. The van der Waals surface area contributed by atoms with Gasteiger partial charge in [-0.15, -0.1) is 0 Å². The first-order valence-electron chi connectivity index (χ1n) is 13.9. The fourth-order valence-corrected chi connectivity index (χ4v) is 7.62. The number of methoxy groups -OCH3 is 2. The predicted molar refractivity (Wildman–Crippen MR) is 149 cm³/mol. The molecule has 3 heterocycles. The minimum atomic E-state index is -4.37. The molecule has 3 fully saturated rings. The smallest absolute Gasteiger partial charge is 0.270 e. The van der Waals surface area contributed by atoms with Crippen molar-refractivity contribution in [3.05, 3.63) is 47.0 Å². The molecule has 1 saturated carbocycles. The van der Waals surface area contributed by atoms with Crippen molar-refractivity contribution in [1.82, 2.24) is 10.1 Å². The molecule has 13 heteroatoms. The third-order valence-electron chi connectivity index (χ3n) is 8.86. The second kappa shape index (κ2) is 9.32. The van der Waals surface area contributed by atoms with Gasteiger partial charge in [0.1, 0.15) is 11.5 Å². The maximum Gasteiger partial charge on any atom is 0.270 e. The van der Waals surface area contributed by atoms with Crippen molar-refractivity contribution in [2.75, 3.05) is 50.0 Å². The van der Waals surface area contributed by atoms with E-state index in [1.165, 1.54) is 31.9 Å². The molecular formula is C29H30F2N4O6S. The number of rotatable bonds is 7. The Morgan fingerprint density at radius 3 is 2.33 bits per heavy atom. The lowest BCUT2D eigenvalue weighted by molar-refractivity contribution is 0.0120. The van der Waals surface area contributed by atoms with Crippen LogP contribution in [0.4, 0.5) is 20.3 Å². The van der Waals surface area contributed by atoms with E-state index in [1.807, 2.05) is 0 Å². The van der Waals surface area contributed by atoms with Gasteiger partial charge in [0, 0.05) is 53.8 Å². The van der Waals surface area contributed by atoms with Gasteiger partial charge in [0.25, 0.3) is 21.9 Å². The Kier molecular flexibility index (Phi) is 5.99. The molecule has 1 spiro atoms. The maximum atomic E-state index is 13.8. The van der Waals surface area contributed by atoms with Gasteiger partial charge < -0.3 is 23.8 Å². The molecule has 2 aliphatic carbocycles.